The van der Waals surface area contributed by atoms with Crippen molar-refractivity contribution in [3.63, 3.8) is 0 Å². The highest BCUT2D eigenvalue weighted by Gasteiger charge is 2.23. The molecule has 4 heteroatoms. The van der Waals surface area contributed by atoms with Crippen molar-refractivity contribution >= 4 is 16.9 Å². The maximum atomic E-state index is 6.43. The molecule has 0 aliphatic rings. The molecule has 0 aliphatic heterocycles. The zero-order chi connectivity index (χ0) is 19.8. The fourth-order valence-electron chi connectivity index (χ4n) is 3.98. The highest BCUT2D eigenvalue weighted by Crippen LogP contribution is 2.34. The van der Waals surface area contributed by atoms with E-state index in [2.05, 4.69) is 73.6 Å². The number of nitrogens with two attached hydrogens (primary N) is 1. The summed E-state index contributed by atoms with van der Waals surface area (Å²) in [7, 11) is 0. The van der Waals surface area contributed by atoms with Gasteiger partial charge in [-0.15, -0.1) is 0 Å². The molecule has 0 bridgehead atoms. The molecule has 2 aromatic carbocycles. The van der Waals surface area contributed by atoms with Gasteiger partial charge in [-0.2, -0.15) is 0 Å². The average molecular weight is 371 g/mol. The van der Waals surface area contributed by atoms with Crippen LogP contribution in [0.5, 0.6) is 0 Å². The third kappa shape index (κ3) is 2.95. The van der Waals surface area contributed by atoms with Crippen LogP contribution in [0.25, 0.3) is 11.0 Å². The lowest BCUT2D eigenvalue weighted by atomic mass is 10.0. The molecule has 2 N–H and O–H groups in total. The van der Waals surface area contributed by atoms with Crippen molar-refractivity contribution in [3.05, 3.63) is 88.9 Å². The Morgan fingerprint density at radius 2 is 1.39 bits per heavy atom. The summed E-state index contributed by atoms with van der Waals surface area (Å²) in [6, 6.07) is 21.0. The van der Waals surface area contributed by atoms with Crippen LogP contribution in [0, 0.1) is 13.8 Å². The Morgan fingerprint density at radius 3 is 2.00 bits per heavy atom. The lowest BCUT2D eigenvalue weighted by Gasteiger charge is -2.18. The number of fused-ring (bicyclic) bond motifs is 1. The molecule has 142 valence electrons. The van der Waals surface area contributed by atoms with Crippen LogP contribution < -0.4 is 5.73 Å². The molecule has 2 atom stereocenters. The summed E-state index contributed by atoms with van der Waals surface area (Å²) in [6.07, 6.45) is 0. The van der Waals surface area contributed by atoms with Crippen LogP contribution in [-0.4, -0.2) is 14.5 Å². The summed E-state index contributed by atoms with van der Waals surface area (Å²) in [5.41, 5.74) is 12.1. The summed E-state index contributed by atoms with van der Waals surface area (Å²) in [5, 5.41) is 0.962. The summed E-state index contributed by atoms with van der Waals surface area (Å²) >= 11 is 0. The molecule has 0 saturated heterocycles. The van der Waals surface area contributed by atoms with Gasteiger partial charge >= 0.3 is 0 Å². The van der Waals surface area contributed by atoms with Crippen molar-refractivity contribution in [3.8, 4) is 0 Å². The van der Waals surface area contributed by atoms with E-state index in [1.54, 1.807) is 0 Å². The second-order valence-corrected chi connectivity index (χ2v) is 7.47. The fraction of sp³-hybridized carbons (Fsp3) is 0.250. The first-order chi connectivity index (χ1) is 13.5. The molecular formula is C24H26N4. The smallest absolute Gasteiger partial charge is 0.146 e. The lowest BCUT2D eigenvalue weighted by Crippen LogP contribution is -2.11. The number of benzene rings is 2. The van der Waals surface area contributed by atoms with E-state index in [0.717, 1.165) is 22.4 Å². The van der Waals surface area contributed by atoms with Gasteiger partial charge in [0.1, 0.15) is 17.3 Å². The van der Waals surface area contributed by atoms with Crippen molar-refractivity contribution in [2.75, 3.05) is 5.73 Å². The van der Waals surface area contributed by atoms with E-state index in [-0.39, 0.29) is 12.0 Å². The van der Waals surface area contributed by atoms with E-state index in [0.29, 0.717) is 5.82 Å². The fourth-order valence-corrected chi connectivity index (χ4v) is 3.98. The first kappa shape index (κ1) is 18.2. The largest absolute Gasteiger partial charge is 0.383 e. The number of nitrogens with zero attached hydrogens (tertiary/aromatic N) is 3. The number of hydrogen-bond acceptors (Lipinski definition) is 3. The average Bonchev–Trinajstić information content (AvgIpc) is 2.98. The summed E-state index contributed by atoms with van der Waals surface area (Å²) in [4.78, 5) is 9.69. The Hall–Kier alpha value is -3.14. The molecule has 0 fully saturated rings. The second-order valence-electron chi connectivity index (χ2n) is 7.47. The van der Waals surface area contributed by atoms with Crippen molar-refractivity contribution in [2.45, 2.75) is 39.7 Å². The first-order valence-electron chi connectivity index (χ1n) is 9.73. The van der Waals surface area contributed by atoms with Gasteiger partial charge in [0, 0.05) is 11.6 Å². The summed E-state index contributed by atoms with van der Waals surface area (Å²) in [6.45, 7) is 8.57. The highest BCUT2D eigenvalue weighted by molar-refractivity contribution is 5.91. The Morgan fingerprint density at radius 1 is 0.821 bits per heavy atom. The number of hydrogen-bond donors (Lipinski definition) is 1. The van der Waals surface area contributed by atoms with Crippen molar-refractivity contribution in [2.24, 2.45) is 0 Å². The Balaban J connectivity index is 1.91. The number of rotatable bonds is 4. The predicted molar refractivity (Wildman–Crippen MR) is 116 cm³/mol. The molecule has 0 spiro atoms. The van der Waals surface area contributed by atoms with E-state index in [1.807, 2.05) is 24.3 Å². The van der Waals surface area contributed by atoms with Crippen molar-refractivity contribution in [1.29, 1.82) is 0 Å². The molecule has 0 amide bonds. The van der Waals surface area contributed by atoms with Crippen LogP contribution in [0.4, 0.5) is 5.82 Å². The van der Waals surface area contributed by atoms with Gasteiger partial charge in [-0.1, -0.05) is 67.6 Å². The molecule has 2 aromatic heterocycles. The second kappa shape index (κ2) is 7.12. The van der Waals surface area contributed by atoms with Crippen LogP contribution in [0.15, 0.2) is 60.7 Å². The standard InChI is InChI=1S/C24H26N4/c1-15-17(3)28(18(4)20-13-9-6-10-14-20)24-21(15)22(25)26-23(27-24)16(2)19-11-7-5-8-12-19/h5-14,16,18H,1-4H3,(H2,25,26,27)/t16-,18-/m1/s1. The van der Waals surface area contributed by atoms with Crippen molar-refractivity contribution < 1.29 is 0 Å². The third-order valence-electron chi connectivity index (χ3n) is 5.80. The lowest BCUT2D eigenvalue weighted by molar-refractivity contribution is 0.636. The van der Waals surface area contributed by atoms with E-state index >= 15 is 0 Å². The van der Waals surface area contributed by atoms with E-state index < -0.39 is 0 Å². The van der Waals surface area contributed by atoms with Crippen LogP contribution in [-0.2, 0) is 0 Å². The minimum Gasteiger partial charge on any atom is -0.383 e. The first-order valence-corrected chi connectivity index (χ1v) is 9.73. The Kier molecular flexibility index (Phi) is 4.63. The molecule has 2 heterocycles. The van der Waals surface area contributed by atoms with Crippen LogP contribution >= 0.6 is 0 Å². The van der Waals surface area contributed by atoms with Gasteiger partial charge in [-0.05, 0) is 37.5 Å². The molecular weight excluding hydrogens is 344 g/mol. The molecule has 28 heavy (non-hydrogen) atoms. The molecule has 4 nitrogen and oxygen atoms in total. The molecule has 0 unspecified atom stereocenters. The van der Waals surface area contributed by atoms with E-state index in [4.69, 9.17) is 10.7 Å². The van der Waals surface area contributed by atoms with Crippen LogP contribution in [0.2, 0.25) is 0 Å². The molecule has 0 radical (unpaired) electrons. The maximum absolute atomic E-state index is 6.43. The van der Waals surface area contributed by atoms with Gasteiger partial charge in [0.05, 0.1) is 11.4 Å². The molecule has 0 aliphatic carbocycles. The SMILES string of the molecule is Cc1c(C)n([C@H](C)c2ccccc2)c2nc([C@H](C)c3ccccc3)nc(N)c12. The summed E-state index contributed by atoms with van der Waals surface area (Å²) in [5.74, 6) is 1.39. The predicted octanol–water partition coefficient (Wildman–Crippen LogP) is 5.39. The molecule has 0 saturated carbocycles. The van der Waals surface area contributed by atoms with Gasteiger partial charge in [0.15, 0.2) is 0 Å². The minimum absolute atomic E-state index is 0.0730. The van der Waals surface area contributed by atoms with Gasteiger partial charge in [-0.25, -0.2) is 9.97 Å². The number of anilines is 1. The zero-order valence-electron chi connectivity index (χ0n) is 16.8. The normalized spacial score (nSPS) is 13.6. The number of aryl methyl sites for hydroxylation is 1. The quantitative estimate of drug-likeness (QED) is 0.524. The van der Waals surface area contributed by atoms with Crippen LogP contribution in [0.1, 0.15) is 54.0 Å². The van der Waals surface area contributed by atoms with Gasteiger partial charge in [-0.3, -0.25) is 0 Å². The Bertz CT molecular complexity index is 1110. The zero-order valence-corrected chi connectivity index (χ0v) is 16.8. The van der Waals surface area contributed by atoms with Crippen LogP contribution in [0.3, 0.4) is 0 Å². The van der Waals surface area contributed by atoms with Crippen molar-refractivity contribution in [1.82, 2.24) is 14.5 Å². The topological polar surface area (TPSA) is 56.7 Å². The van der Waals surface area contributed by atoms with Gasteiger partial charge in [0.2, 0.25) is 0 Å². The molecule has 4 aromatic rings. The monoisotopic (exact) mass is 370 g/mol. The molecule has 4 rings (SSSR count). The van der Waals surface area contributed by atoms with E-state index in [1.165, 1.54) is 16.8 Å². The maximum Gasteiger partial charge on any atom is 0.146 e. The summed E-state index contributed by atoms with van der Waals surface area (Å²) < 4.78 is 2.29. The van der Waals surface area contributed by atoms with Gasteiger partial charge in [0.25, 0.3) is 0 Å². The third-order valence-corrected chi connectivity index (χ3v) is 5.80. The Labute approximate surface area is 166 Å². The van der Waals surface area contributed by atoms with Gasteiger partial charge < -0.3 is 10.3 Å². The minimum atomic E-state index is 0.0730. The number of aromatic nitrogens is 3. The van der Waals surface area contributed by atoms with E-state index in [9.17, 15) is 0 Å². The highest BCUT2D eigenvalue weighted by atomic mass is 15.1. The number of nitrogen functional groups attached to an aromatic ring is 1.